The highest BCUT2D eigenvalue weighted by molar-refractivity contribution is 4.79. The Morgan fingerprint density at radius 1 is 1.38 bits per heavy atom. The van der Waals surface area contributed by atoms with Crippen LogP contribution in [-0.2, 0) is 0 Å². The molecule has 0 aliphatic heterocycles. The smallest absolute Gasteiger partial charge is 0.00642 e. The molecule has 0 heterocycles. The first-order valence-corrected chi connectivity index (χ1v) is 3.42. The summed E-state index contributed by atoms with van der Waals surface area (Å²) in [5.74, 6) is 0. The van der Waals surface area contributed by atoms with Crippen LogP contribution in [0.25, 0.3) is 0 Å². The largest absolute Gasteiger partial charge is 0.317 e. The first-order valence-electron chi connectivity index (χ1n) is 3.42. The molecular weight excluding hydrogens is 98.1 g/mol. The minimum atomic E-state index is 0.806. The highest BCUT2D eigenvalue weighted by Crippen LogP contribution is 2.15. The van der Waals surface area contributed by atoms with E-state index in [0.29, 0.717) is 0 Å². The lowest BCUT2D eigenvalue weighted by atomic mass is 9.96. The van der Waals surface area contributed by atoms with E-state index in [1.807, 2.05) is 0 Å². The van der Waals surface area contributed by atoms with Gasteiger partial charge >= 0.3 is 0 Å². The number of nitrogens with one attached hydrogen (secondary N) is 1. The summed E-state index contributed by atoms with van der Waals surface area (Å²) < 4.78 is 0. The SMILES string of the molecule is CNC1CC[CH]CC1. The van der Waals surface area contributed by atoms with Gasteiger partial charge in [0.1, 0.15) is 0 Å². The Morgan fingerprint density at radius 2 is 2.00 bits per heavy atom. The summed E-state index contributed by atoms with van der Waals surface area (Å²) in [5.41, 5.74) is 0. The normalized spacial score (nSPS) is 23.6. The van der Waals surface area contributed by atoms with Crippen LogP contribution < -0.4 is 5.32 Å². The van der Waals surface area contributed by atoms with Gasteiger partial charge in [-0.05, 0) is 39.2 Å². The Bertz CT molecular complexity index is 55.4. The number of hydrogen-bond acceptors (Lipinski definition) is 1. The van der Waals surface area contributed by atoms with Crippen LogP contribution in [-0.4, -0.2) is 13.1 Å². The summed E-state index contributed by atoms with van der Waals surface area (Å²) >= 11 is 0. The molecule has 1 aliphatic rings. The zero-order chi connectivity index (χ0) is 5.82. The van der Waals surface area contributed by atoms with E-state index in [1.54, 1.807) is 0 Å². The third-order valence-electron chi connectivity index (χ3n) is 1.85. The standard InChI is InChI=1S/C7H14N/c1-8-7-5-3-2-4-6-7/h2,7-8H,3-6H2,1H3. The van der Waals surface area contributed by atoms with Gasteiger partial charge in [-0.15, -0.1) is 0 Å². The molecule has 1 nitrogen and oxygen atoms in total. The quantitative estimate of drug-likeness (QED) is 0.540. The van der Waals surface area contributed by atoms with Crippen molar-refractivity contribution in [1.29, 1.82) is 0 Å². The van der Waals surface area contributed by atoms with Gasteiger partial charge in [-0.3, -0.25) is 0 Å². The van der Waals surface area contributed by atoms with E-state index in [4.69, 9.17) is 0 Å². The lowest BCUT2D eigenvalue weighted by molar-refractivity contribution is 0.444. The maximum Gasteiger partial charge on any atom is 0.00642 e. The van der Waals surface area contributed by atoms with Crippen molar-refractivity contribution in [2.75, 3.05) is 7.05 Å². The second kappa shape index (κ2) is 3.08. The van der Waals surface area contributed by atoms with Crippen molar-refractivity contribution in [2.45, 2.75) is 31.7 Å². The maximum absolute atomic E-state index is 3.28. The Balaban J connectivity index is 2.13. The summed E-state index contributed by atoms with van der Waals surface area (Å²) in [5, 5.41) is 3.28. The molecule has 0 saturated heterocycles. The molecule has 1 heteroatoms. The van der Waals surface area contributed by atoms with E-state index in [1.165, 1.54) is 25.7 Å². The van der Waals surface area contributed by atoms with Gasteiger partial charge in [0, 0.05) is 6.04 Å². The van der Waals surface area contributed by atoms with Gasteiger partial charge in [-0.1, -0.05) is 0 Å². The third kappa shape index (κ3) is 1.48. The fourth-order valence-corrected chi connectivity index (χ4v) is 1.22. The third-order valence-corrected chi connectivity index (χ3v) is 1.85. The van der Waals surface area contributed by atoms with Crippen molar-refractivity contribution in [3.8, 4) is 0 Å². The monoisotopic (exact) mass is 112 g/mol. The molecule has 0 amide bonds. The van der Waals surface area contributed by atoms with Gasteiger partial charge in [-0.25, -0.2) is 0 Å². The molecular formula is C7H14N. The number of hydrogen-bond donors (Lipinski definition) is 1. The topological polar surface area (TPSA) is 12.0 Å². The summed E-state index contributed by atoms with van der Waals surface area (Å²) in [6.45, 7) is 0. The Morgan fingerprint density at radius 3 is 2.38 bits per heavy atom. The summed E-state index contributed by atoms with van der Waals surface area (Å²) in [4.78, 5) is 0. The lowest BCUT2D eigenvalue weighted by Gasteiger charge is -2.19. The zero-order valence-electron chi connectivity index (χ0n) is 5.48. The van der Waals surface area contributed by atoms with Crippen LogP contribution in [0.2, 0.25) is 0 Å². The number of rotatable bonds is 1. The minimum absolute atomic E-state index is 0.806. The molecule has 1 saturated carbocycles. The Kier molecular flexibility index (Phi) is 2.34. The predicted octanol–water partition coefficient (Wildman–Crippen LogP) is 1.35. The molecule has 0 aromatic rings. The molecule has 0 unspecified atom stereocenters. The highest BCUT2D eigenvalue weighted by Gasteiger charge is 2.09. The van der Waals surface area contributed by atoms with Gasteiger partial charge in [0.05, 0.1) is 0 Å². The van der Waals surface area contributed by atoms with Crippen LogP contribution in [0.15, 0.2) is 0 Å². The van der Waals surface area contributed by atoms with Crippen molar-refractivity contribution in [3.05, 3.63) is 6.42 Å². The molecule has 47 valence electrons. The van der Waals surface area contributed by atoms with Crippen LogP contribution in [0.3, 0.4) is 0 Å². The maximum atomic E-state index is 3.28. The van der Waals surface area contributed by atoms with Gasteiger partial charge in [0.15, 0.2) is 0 Å². The van der Waals surface area contributed by atoms with E-state index < -0.39 is 0 Å². The molecule has 0 aromatic heterocycles. The van der Waals surface area contributed by atoms with Crippen LogP contribution in [0, 0.1) is 6.42 Å². The first kappa shape index (κ1) is 6.09. The van der Waals surface area contributed by atoms with Gasteiger partial charge in [0.25, 0.3) is 0 Å². The molecule has 1 fully saturated rings. The van der Waals surface area contributed by atoms with E-state index in [0.717, 1.165) is 6.04 Å². The minimum Gasteiger partial charge on any atom is -0.317 e. The predicted molar refractivity (Wildman–Crippen MR) is 35.6 cm³/mol. The second-order valence-corrected chi connectivity index (χ2v) is 2.43. The summed E-state index contributed by atoms with van der Waals surface area (Å²) in [6.07, 6.45) is 7.69. The van der Waals surface area contributed by atoms with Gasteiger partial charge in [-0.2, -0.15) is 0 Å². The highest BCUT2D eigenvalue weighted by atomic mass is 14.9. The van der Waals surface area contributed by atoms with Crippen LogP contribution in [0.1, 0.15) is 25.7 Å². The van der Waals surface area contributed by atoms with Crippen molar-refractivity contribution in [2.24, 2.45) is 0 Å². The fourth-order valence-electron chi connectivity index (χ4n) is 1.22. The molecule has 1 N–H and O–H groups in total. The molecule has 8 heavy (non-hydrogen) atoms. The van der Waals surface area contributed by atoms with Crippen LogP contribution >= 0.6 is 0 Å². The van der Waals surface area contributed by atoms with Crippen molar-refractivity contribution in [3.63, 3.8) is 0 Å². The fraction of sp³-hybridized carbons (Fsp3) is 0.857. The zero-order valence-corrected chi connectivity index (χ0v) is 5.48. The molecule has 0 bridgehead atoms. The van der Waals surface area contributed by atoms with E-state index in [-0.39, 0.29) is 0 Å². The van der Waals surface area contributed by atoms with Gasteiger partial charge in [0.2, 0.25) is 0 Å². The molecule has 1 aliphatic carbocycles. The van der Waals surface area contributed by atoms with Crippen molar-refractivity contribution >= 4 is 0 Å². The van der Waals surface area contributed by atoms with Crippen LogP contribution in [0.4, 0.5) is 0 Å². The van der Waals surface area contributed by atoms with Crippen molar-refractivity contribution < 1.29 is 0 Å². The Labute approximate surface area is 51.5 Å². The first-order chi connectivity index (χ1) is 3.93. The van der Waals surface area contributed by atoms with E-state index in [2.05, 4.69) is 18.8 Å². The van der Waals surface area contributed by atoms with Crippen molar-refractivity contribution in [1.82, 2.24) is 5.32 Å². The lowest BCUT2D eigenvalue weighted by Crippen LogP contribution is -2.27. The molecule has 0 atom stereocenters. The summed E-state index contributed by atoms with van der Waals surface area (Å²) in [7, 11) is 2.05. The summed E-state index contributed by atoms with van der Waals surface area (Å²) in [6, 6.07) is 0.806. The average Bonchev–Trinajstić information content (AvgIpc) is 1.90. The Hall–Kier alpha value is -0.0400. The molecule has 0 spiro atoms. The van der Waals surface area contributed by atoms with Crippen LogP contribution in [0.5, 0.6) is 0 Å². The van der Waals surface area contributed by atoms with Gasteiger partial charge < -0.3 is 5.32 Å². The van der Waals surface area contributed by atoms with E-state index >= 15 is 0 Å². The van der Waals surface area contributed by atoms with E-state index in [9.17, 15) is 0 Å². The molecule has 0 aromatic carbocycles. The average molecular weight is 112 g/mol. The molecule has 1 radical (unpaired) electrons. The molecule has 1 rings (SSSR count). The second-order valence-electron chi connectivity index (χ2n) is 2.43.